The Morgan fingerprint density at radius 3 is 2.34 bits per heavy atom. The number of nitrogens with one attached hydrogen (secondary N) is 2. The lowest BCUT2D eigenvalue weighted by Gasteiger charge is -2.17. The van der Waals surface area contributed by atoms with Crippen LogP contribution in [0.4, 0.5) is 4.79 Å². The molecule has 4 rings (SSSR count). The number of hydrogen-bond donors (Lipinski definition) is 4. The van der Waals surface area contributed by atoms with Crippen molar-refractivity contribution in [1.82, 2.24) is 15.5 Å². The van der Waals surface area contributed by atoms with Crippen molar-refractivity contribution in [3.8, 4) is 11.1 Å². The first-order chi connectivity index (χ1) is 14.1. The number of aliphatic hydroxyl groups is 2. The molecule has 2 aromatic carbocycles. The van der Waals surface area contributed by atoms with Crippen molar-refractivity contribution in [3.63, 3.8) is 0 Å². The maximum Gasteiger partial charge on any atom is 0.407 e. The van der Waals surface area contributed by atoms with Gasteiger partial charge in [-0.3, -0.25) is 5.10 Å². The van der Waals surface area contributed by atoms with Crippen molar-refractivity contribution < 1.29 is 19.7 Å². The summed E-state index contributed by atoms with van der Waals surface area (Å²) in [6.45, 7) is 0.419. The highest BCUT2D eigenvalue weighted by molar-refractivity contribution is 5.79. The predicted octanol–water partition coefficient (Wildman–Crippen LogP) is 2.73. The zero-order valence-corrected chi connectivity index (χ0v) is 15.8. The summed E-state index contributed by atoms with van der Waals surface area (Å²) in [7, 11) is 0. The number of carbonyl (C=O) groups excluding carboxylic acids is 1. The molecule has 0 saturated carbocycles. The molecule has 1 heterocycles. The van der Waals surface area contributed by atoms with E-state index in [1.807, 2.05) is 24.3 Å². The van der Waals surface area contributed by atoms with Crippen LogP contribution in [0, 0.1) is 0 Å². The van der Waals surface area contributed by atoms with E-state index in [4.69, 9.17) is 4.74 Å². The van der Waals surface area contributed by atoms with Gasteiger partial charge in [0, 0.05) is 18.7 Å². The molecule has 1 aromatic heterocycles. The Bertz CT molecular complexity index is 928. The molecular formula is C22H23N3O4. The average Bonchev–Trinajstić information content (AvgIpc) is 3.38. The first kappa shape index (κ1) is 19.2. The van der Waals surface area contributed by atoms with E-state index in [1.54, 1.807) is 6.07 Å². The van der Waals surface area contributed by atoms with Crippen molar-refractivity contribution in [2.45, 2.75) is 24.5 Å². The number of H-pyrrole nitrogens is 1. The molecule has 150 valence electrons. The summed E-state index contributed by atoms with van der Waals surface area (Å²) < 4.78 is 5.44. The van der Waals surface area contributed by atoms with E-state index in [0.29, 0.717) is 5.69 Å². The Morgan fingerprint density at radius 2 is 1.72 bits per heavy atom. The molecule has 1 aliphatic carbocycles. The van der Waals surface area contributed by atoms with Gasteiger partial charge in [0.15, 0.2) is 0 Å². The number of fused-ring (bicyclic) bond motifs is 3. The summed E-state index contributed by atoms with van der Waals surface area (Å²) in [6.07, 6.45) is -0.967. The first-order valence-corrected chi connectivity index (χ1v) is 9.59. The van der Waals surface area contributed by atoms with Crippen LogP contribution in [0.3, 0.4) is 0 Å². The molecule has 0 aliphatic heterocycles. The van der Waals surface area contributed by atoms with E-state index in [9.17, 15) is 15.0 Å². The van der Waals surface area contributed by atoms with Gasteiger partial charge in [-0.25, -0.2) is 4.79 Å². The lowest BCUT2D eigenvalue weighted by molar-refractivity contribution is 0.0111. The quantitative estimate of drug-likeness (QED) is 0.494. The zero-order valence-electron chi connectivity index (χ0n) is 15.8. The summed E-state index contributed by atoms with van der Waals surface area (Å²) in [6, 6.07) is 17.9. The summed E-state index contributed by atoms with van der Waals surface area (Å²) in [5, 5.41) is 29.0. The molecule has 7 heteroatoms. The molecular weight excluding hydrogens is 370 g/mol. The summed E-state index contributed by atoms with van der Waals surface area (Å²) in [4.78, 5) is 12.1. The zero-order chi connectivity index (χ0) is 20.2. The van der Waals surface area contributed by atoms with Gasteiger partial charge in [-0.1, -0.05) is 48.5 Å². The van der Waals surface area contributed by atoms with E-state index in [-0.39, 0.29) is 25.5 Å². The van der Waals surface area contributed by atoms with E-state index in [1.165, 1.54) is 17.3 Å². The normalized spacial score (nSPS) is 14.7. The molecule has 3 aromatic rings. The number of amides is 1. The summed E-state index contributed by atoms with van der Waals surface area (Å²) >= 11 is 0. The first-order valence-electron chi connectivity index (χ1n) is 9.59. The molecule has 0 spiro atoms. The molecule has 0 saturated heterocycles. The number of nitrogens with zero attached hydrogens (tertiary/aromatic N) is 1. The molecule has 4 N–H and O–H groups in total. The second kappa shape index (κ2) is 8.46. The molecule has 0 radical (unpaired) electrons. The van der Waals surface area contributed by atoms with E-state index in [0.717, 1.165) is 11.1 Å². The van der Waals surface area contributed by atoms with Crippen LogP contribution in [0.5, 0.6) is 0 Å². The van der Waals surface area contributed by atoms with Gasteiger partial charge in [0.1, 0.15) is 12.7 Å². The van der Waals surface area contributed by atoms with Gasteiger partial charge in [-0.15, -0.1) is 0 Å². The SMILES string of the molecule is O=C(NCCC(O)C(O)c1ccn[nH]1)OCC1c2ccccc2-c2ccccc21. The van der Waals surface area contributed by atoms with Crippen molar-refractivity contribution in [3.05, 3.63) is 77.6 Å². The van der Waals surface area contributed by atoms with Crippen LogP contribution in [0.2, 0.25) is 0 Å². The standard InChI is InChI=1S/C22H23N3O4/c26-20(21(27)19-9-12-24-25-19)10-11-23-22(28)29-13-18-16-7-3-1-5-14(16)15-6-2-4-8-17(15)18/h1-9,12,18,20-21,26-27H,10-11,13H2,(H,23,28)(H,24,25). The second-order valence-corrected chi connectivity index (χ2v) is 7.07. The molecule has 29 heavy (non-hydrogen) atoms. The van der Waals surface area contributed by atoms with Crippen LogP contribution < -0.4 is 5.32 Å². The van der Waals surface area contributed by atoms with Crippen LogP contribution in [-0.2, 0) is 4.74 Å². The summed E-state index contributed by atoms with van der Waals surface area (Å²) in [5.74, 6) is 0.000871. The highest BCUT2D eigenvalue weighted by atomic mass is 16.5. The third kappa shape index (κ3) is 4.01. The number of aromatic nitrogens is 2. The topological polar surface area (TPSA) is 107 Å². The highest BCUT2D eigenvalue weighted by Crippen LogP contribution is 2.44. The molecule has 1 aliphatic rings. The third-order valence-corrected chi connectivity index (χ3v) is 5.26. The minimum atomic E-state index is -1.08. The maximum absolute atomic E-state index is 12.1. The second-order valence-electron chi connectivity index (χ2n) is 7.07. The lowest BCUT2D eigenvalue weighted by atomic mass is 9.98. The number of hydrogen-bond acceptors (Lipinski definition) is 5. The van der Waals surface area contributed by atoms with Gasteiger partial charge in [0.2, 0.25) is 0 Å². The molecule has 0 fully saturated rings. The number of aromatic amines is 1. The van der Waals surface area contributed by atoms with Gasteiger partial charge in [0.05, 0.1) is 11.8 Å². The fourth-order valence-corrected chi connectivity index (χ4v) is 3.77. The van der Waals surface area contributed by atoms with Crippen LogP contribution in [0.1, 0.15) is 35.3 Å². The molecule has 2 unspecified atom stereocenters. The molecule has 7 nitrogen and oxygen atoms in total. The van der Waals surface area contributed by atoms with Crippen molar-refractivity contribution in [1.29, 1.82) is 0 Å². The van der Waals surface area contributed by atoms with Crippen molar-refractivity contribution in [2.75, 3.05) is 13.2 Å². The Balaban J connectivity index is 1.29. The van der Waals surface area contributed by atoms with E-state index < -0.39 is 18.3 Å². The Morgan fingerprint density at radius 1 is 1.07 bits per heavy atom. The number of ether oxygens (including phenoxy) is 1. The minimum Gasteiger partial charge on any atom is -0.449 e. The predicted molar refractivity (Wildman–Crippen MR) is 107 cm³/mol. The third-order valence-electron chi connectivity index (χ3n) is 5.26. The number of benzene rings is 2. The van der Waals surface area contributed by atoms with Crippen molar-refractivity contribution >= 4 is 6.09 Å². The van der Waals surface area contributed by atoms with Crippen LogP contribution in [0.25, 0.3) is 11.1 Å². The highest BCUT2D eigenvalue weighted by Gasteiger charge is 2.29. The van der Waals surface area contributed by atoms with E-state index >= 15 is 0 Å². The Hall–Kier alpha value is -3.16. The Kier molecular flexibility index (Phi) is 5.59. The maximum atomic E-state index is 12.1. The lowest BCUT2D eigenvalue weighted by Crippen LogP contribution is -2.30. The number of carbonyl (C=O) groups is 1. The van der Waals surface area contributed by atoms with Crippen LogP contribution in [-0.4, -0.2) is 45.8 Å². The van der Waals surface area contributed by atoms with Crippen LogP contribution in [0.15, 0.2) is 60.8 Å². The van der Waals surface area contributed by atoms with E-state index in [2.05, 4.69) is 39.8 Å². The van der Waals surface area contributed by atoms with Gasteiger partial charge in [0.25, 0.3) is 0 Å². The number of aliphatic hydroxyl groups excluding tert-OH is 2. The number of alkyl carbamates (subject to hydrolysis) is 1. The average molecular weight is 393 g/mol. The largest absolute Gasteiger partial charge is 0.449 e. The number of rotatable bonds is 7. The minimum absolute atomic E-state index is 0.000871. The van der Waals surface area contributed by atoms with Gasteiger partial charge in [-0.2, -0.15) is 5.10 Å². The monoisotopic (exact) mass is 393 g/mol. The molecule has 0 bridgehead atoms. The van der Waals surface area contributed by atoms with Crippen molar-refractivity contribution in [2.24, 2.45) is 0 Å². The smallest absolute Gasteiger partial charge is 0.407 e. The molecule has 1 amide bonds. The Labute approximate surface area is 168 Å². The fraction of sp³-hybridized carbons (Fsp3) is 0.273. The fourth-order valence-electron chi connectivity index (χ4n) is 3.77. The van der Waals surface area contributed by atoms with Gasteiger partial charge >= 0.3 is 6.09 Å². The van der Waals surface area contributed by atoms with Gasteiger partial charge in [-0.05, 0) is 34.7 Å². The summed E-state index contributed by atoms with van der Waals surface area (Å²) in [5.41, 5.74) is 5.08. The molecule has 2 atom stereocenters. The van der Waals surface area contributed by atoms with Crippen LogP contribution >= 0.6 is 0 Å². The van der Waals surface area contributed by atoms with Gasteiger partial charge < -0.3 is 20.3 Å².